The number of nitrogens with one attached hydrogen (secondary N) is 1. The number of amides is 1. The van der Waals surface area contributed by atoms with Gasteiger partial charge >= 0.3 is 0 Å². The quantitative estimate of drug-likeness (QED) is 0.635. The summed E-state index contributed by atoms with van der Waals surface area (Å²) in [7, 11) is -3.51. The standard InChI is InChI=1S/C24H30ClN3O4S/c25-22-18-20(7-10-23(22)27-12-2-1-3-13-27)26-24(29)11-6-19-4-8-21(9-5-19)33(30,31)28-14-16-32-17-15-28/h4-5,7-10,18H,1-3,6,11-17H2,(H,26,29). The van der Waals surface area contributed by atoms with Crippen LogP contribution in [-0.4, -0.2) is 58.0 Å². The average molecular weight is 492 g/mol. The fraction of sp³-hybridized carbons (Fsp3) is 0.458. The smallest absolute Gasteiger partial charge is 0.243 e. The molecule has 0 spiro atoms. The highest BCUT2D eigenvalue weighted by Gasteiger charge is 2.26. The first-order valence-electron chi connectivity index (χ1n) is 11.4. The normalized spacial score (nSPS) is 17.7. The molecule has 0 bridgehead atoms. The first-order valence-corrected chi connectivity index (χ1v) is 13.3. The molecule has 0 atom stereocenters. The Balaban J connectivity index is 1.30. The van der Waals surface area contributed by atoms with Gasteiger partial charge in [-0.1, -0.05) is 23.7 Å². The molecule has 1 N–H and O–H groups in total. The van der Waals surface area contributed by atoms with E-state index in [1.54, 1.807) is 30.3 Å². The molecule has 33 heavy (non-hydrogen) atoms. The Morgan fingerprint density at radius 3 is 2.33 bits per heavy atom. The van der Waals surface area contributed by atoms with Crippen molar-refractivity contribution < 1.29 is 17.9 Å². The van der Waals surface area contributed by atoms with E-state index in [0.29, 0.717) is 49.9 Å². The molecule has 2 heterocycles. The van der Waals surface area contributed by atoms with E-state index >= 15 is 0 Å². The van der Waals surface area contributed by atoms with Gasteiger partial charge in [-0.15, -0.1) is 0 Å². The number of aryl methyl sites for hydroxylation is 1. The Kier molecular flexibility index (Phi) is 7.90. The molecule has 2 saturated heterocycles. The van der Waals surface area contributed by atoms with Crippen LogP contribution in [0.5, 0.6) is 0 Å². The highest BCUT2D eigenvalue weighted by molar-refractivity contribution is 7.89. The Bertz CT molecular complexity index is 1060. The zero-order chi connectivity index (χ0) is 23.3. The maximum atomic E-state index is 12.7. The zero-order valence-corrected chi connectivity index (χ0v) is 20.2. The van der Waals surface area contributed by atoms with Crippen molar-refractivity contribution in [3.63, 3.8) is 0 Å². The van der Waals surface area contributed by atoms with Crippen LogP contribution in [0.4, 0.5) is 11.4 Å². The summed E-state index contributed by atoms with van der Waals surface area (Å²) in [6, 6.07) is 12.4. The predicted octanol–water partition coefficient (Wildman–Crippen LogP) is 3.92. The van der Waals surface area contributed by atoms with Gasteiger partial charge in [-0.05, 0) is 61.6 Å². The molecule has 2 aliphatic heterocycles. The lowest BCUT2D eigenvalue weighted by molar-refractivity contribution is -0.116. The Hall–Kier alpha value is -2.13. The van der Waals surface area contributed by atoms with Crippen molar-refractivity contribution >= 4 is 38.9 Å². The molecule has 2 fully saturated rings. The predicted molar refractivity (Wildman–Crippen MR) is 130 cm³/mol. The molecule has 2 aromatic carbocycles. The van der Waals surface area contributed by atoms with E-state index in [4.69, 9.17) is 16.3 Å². The van der Waals surface area contributed by atoms with Gasteiger partial charge in [0.1, 0.15) is 0 Å². The molecule has 0 saturated carbocycles. The van der Waals surface area contributed by atoms with Crippen LogP contribution in [0.15, 0.2) is 47.4 Å². The van der Waals surface area contributed by atoms with E-state index in [0.717, 1.165) is 24.3 Å². The molecule has 0 aliphatic carbocycles. The Morgan fingerprint density at radius 1 is 0.970 bits per heavy atom. The van der Waals surface area contributed by atoms with Crippen LogP contribution < -0.4 is 10.2 Å². The number of rotatable bonds is 7. The zero-order valence-electron chi connectivity index (χ0n) is 18.6. The second-order valence-electron chi connectivity index (χ2n) is 8.42. The van der Waals surface area contributed by atoms with Crippen LogP contribution in [0.2, 0.25) is 5.02 Å². The molecule has 0 unspecified atom stereocenters. The van der Waals surface area contributed by atoms with Crippen LogP contribution >= 0.6 is 11.6 Å². The van der Waals surface area contributed by atoms with Gasteiger partial charge in [0.25, 0.3) is 0 Å². The summed E-state index contributed by atoms with van der Waals surface area (Å²) >= 11 is 6.47. The summed E-state index contributed by atoms with van der Waals surface area (Å²) in [5.74, 6) is -0.109. The second kappa shape index (κ2) is 10.9. The van der Waals surface area contributed by atoms with Gasteiger partial charge in [0, 0.05) is 38.3 Å². The largest absolute Gasteiger partial charge is 0.379 e. The van der Waals surface area contributed by atoms with Crippen molar-refractivity contribution in [2.24, 2.45) is 0 Å². The number of benzene rings is 2. The van der Waals surface area contributed by atoms with E-state index in [1.807, 2.05) is 12.1 Å². The molecular formula is C24H30ClN3O4S. The molecule has 2 aromatic rings. The van der Waals surface area contributed by atoms with Crippen molar-refractivity contribution in [2.45, 2.75) is 37.0 Å². The molecular weight excluding hydrogens is 462 g/mol. The molecule has 178 valence electrons. The fourth-order valence-corrected chi connectivity index (χ4v) is 5.93. The van der Waals surface area contributed by atoms with Crippen molar-refractivity contribution in [1.29, 1.82) is 0 Å². The number of sulfonamides is 1. The van der Waals surface area contributed by atoms with E-state index in [-0.39, 0.29) is 10.8 Å². The van der Waals surface area contributed by atoms with Crippen LogP contribution in [0, 0.1) is 0 Å². The number of piperidine rings is 1. The Morgan fingerprint density at radius 2 is 1.67 bits per heavy atom. The summed E-state index contributed by atoms with van der Waals surface area (Å²) in [6.07, 6.45) is 4.42. The van der Waals surface area contributed by atoms with Crippen molar-refractivity contribution in [3.8, 4) is 0 Å². The second-order valence-corrected chi connectivity index (χ2v) is 10.8. The molecule has 0 aromatic heterocycles. The lowest BCUT2D eigenvalue weighted by Gasteiger charge is -2.29. The molecule has 4 rings (SSSR count). The van der Waals surface area contributed by atoms with Crippen molar-refractivity contribution in [3.05, 3.63) is 53.1 Å². The summed E-state index contributed by atoms with van der Waals surface area (Å²) in [6.45, 7) is 3.59. The molecule has 0 radical (unpaired) electrons. The summed E-state index contributed by atoms with van der Waals surface area (Å²) < 4.78 is 32.1. The summed E-state index contributed by atoms with van der Waals surface area (Å²) in [5, 5.41) is 3.55. The number of anilines is 2. The third kappa shape index (κ3) is 6.06. The first-order chi connectivity index (χ1) is 15.9. The Labute approximate surface area is 200 Å². The summed E-state index contributed by atoms with van der Waals surface area (Å²) in [5.41, 5.74) is 2.60. The highest BCUT2D eigenvalue weighted by atomic mass is 35.5. The van der Waals surface area contributed by atoms with E-state index < -0.39 is 10.0 Å². The third-order valence-electron chi connectivity index (χ3n) is 6.10. The maximum absolute atomic E-state index is 12.7. The van der Waals surface area contributed by atoms with Crippen LogP contribution in [-0.2, 0) is 26.0 Å². The van der Waals surface area contributed by atoms with Crippen LogP contribution in [0.1, 0.15) is 31.2 Å². The molecule has 1 amide bonds. The first kappa shape index (κ1) is 24.0. The summed E-state index contributed by atoms with van der Waals surface area (Å²) in [4.78, 5) is 15.0. The highest BCUT2D eigenvalue weighted by Crippen LogP contribution is 2.31. The monoisotopic (exact) mass is 491 g/mol. The van der Waals surface area contributed by atoms with Crippen molar-refractivity contribution in [2.75, 3.05) is 49.6 Å². The fourth-order valence-electron chi connectivity index (χ4n) is 4.22. The number of hydrogen-bond donors (Lipinski definition) is 1. The third-order valence-corrected chi connectivity index (χ3v) is 8.32. The van der Waals surface area contributed by atoms with Gasteiger partial charge in [0.15, 0.2) is 0 Å². The maximum Gasteiger partial charge on any atom is 0.243 e. The SMILES string of the molecule is O=C(CCc1ccc(S(=O)(=O)N2CCOCC2)cc1)Nc1ccc(N2CCCCC2)c(Cl)c1. The van der Waals surface area contributed by atoms with Gasteiger partial charge in [0.05, 0.1) is 28.8 Å². The minimum atomic E-state index is -3.51. The number of carbonyl (C=O) groups excluding carboxylic acids is 1. The van der Waals surface area contributed by atoms with E-state index in [9.17, 15) is 13.2 Å². The van der Waals surface area contributed by atoms with Crippen LogP contribution in [0.3, 0.4) is 0 Å². The molecule has 7 nitrogen and oxygen atoms in total. The number of halogens is 1. The van der Waals surface area contributed by atoms with Gasteiger partial charge < -0.3 is 15.0 Å². The van der Waals surface area contributed by atoms with Gasteiger partial charge in [-0.25, -0.2) is 8.42 Å². The van der Waals surface area contributed by atoms with Gasteiger partial charge in [-0.2, -0.15) is 4.31 Å². The number of nitrogens with zero attached hydrogens (tertiary/aromatic N) is 2. The number of carbonyl (C=O) groups is 1. The topological polar surface area (TPSA) is 79.0 Å². The lowest BCUT2D eigenvalue weighted by Crippen LogP contribution is -2.40. The average Bonchev–Trinajstić information content (AvgIpc) is 2.84. The number of hydrogen-bond acceptors (Lipinski definition) is 5. The number of ether oxygens (including phenoxy) is 1. The van der Waals surface area contributed by atoms with Gasteiger partial charge in [-0.3, -0.25) is 4.79 Å². The van der Waals surface area contributed by atoms with E-state index in [2.05, 4.69) is 10.2 Å². The minimum Gasteiger partial charge on any atom is -0.379 e. The van der Waals surface area contributed by atoms with E-state index in [1.165, 1.54) is 23.6 Å². The molecule has 9 heteroatoms. The molecule has 2 aliphatic rings. The minimum absolute atomic E-state index is 0.109. The van der Waals surface area contributed by atoms with Gasteiger partial charge in [0.2, 0.25) is 15.9 Å². The van der Waals surface area contributed by atoms with Crippen LogP contribution in [0.25, 0.3) is 0 Å². The lowest BCUT2D eigenvalue weighted by atomic mass is 10.1. The van der Waals surface area contributed by atoms with Crippen molar-refractivity contribution in [1.82, 2.24) is 4.31 Å². The number of morpholine rings is 1.